The summed E-state index contributed by atoms with van der Waals surface area (Å²) in [6, 6.07) is 2.23. The van der Waals surface area contributed by atoms with E-state index in [1.165, 1.54) is 32.3 Å². The van der Waals surface area contributed by atoms with Gasteiger partial charge in [0.25, 0.3) is 0 Å². The summed E-state index contributed by atoms with van der Waals surface area (Å²) in [6.07, 6.45) is 7.40. The van der Waals surface area contributed by atoms with E-state index in [0.29, 0.717) is 11.3 Å². The molecule has 1 aliphatic carbocycles. The summed E-state index contributed by atoms with van der Waals surface area (Å²) in [5.74, 6) is -2.77. The maximum atomic E-state index is 12.9. The Morgan fingerprint density at radius 3 is 2.57 bits per heavy atom. The van der Waals surface area contributed by atoms with Crippen molar-refractivity contribution in [2.75, 3.05) is 0 Å². The van der Waals surface area contributed by atoms with Gasteiger partial charge in [-0.25, -0.2) is 4.79 Å². The van der Waals surface area contributed by atoms with Crippen LogP contribution in [0.4, 0.5) is 0 Å². The molecule has 1 aromatic rings. The number of rotatable bonds is 3. The molecule has 2 aliphatic rings. The maximum Gasteiger partial charge on any atom is 0.343 e. The Labute approximate surface area is 160 Å². The molecule has 2 N–H and O–H groups in total. The summed E-state index contributed by atoms with van der Waals surface area (Å²) < 4.78 is 10.6. The normalized spacial score (nSPS) is 21.5. The number of carbonyl (C=O) groups is 3. The molecule has 0 amide bonds. The Morgan fingerprint density at radius 2 is 1.93 bits per heavy atom. The van der Waals surface area contributed by atoms with Crippen LogP contribution in [0.2, 0.25) is 0 Å². The minimum Gasteiger partial charge on any atom is -0.508 e. The summed E-state index contributed by atoms with van der Waals surface area (Å²) in [4.78, 5) is 38.2. The molecule has 0 bridgehead atoms. The van der Waals surface area contributed by atoms with Gasteiger partial charge >= 0.3 is 5.97 Å². The van der Waals surface area contributed by atoms with Gasteiger partial charge in [-0.05, 0) is 56.2 Å². The van der Waals surface area contributed by atoms with Gasteiger partial charge < -0.3 is 19.7 Å². The van der Waals surface area contributed by atoms with Crippen molar-refractivity contribution in [3.8, 4) is 11.5 Å². The van der Waals surface area contributed by atoms with E-state index in [-0.39, 0.29) is 22.4 Å². The van der Waals surface area contributed by atoms with Crippen LogP contribution in [0, 0.1) is 6.92 Å². The maximum absolute atomic E-state index is 12.9. The van der Waals surface area contributed by atoms with Gasteiger partial charge in [-0.2, -0.15) is 0 Å². The zero-order valence-corrected chi connectivity index (χ0v) is 15.5. The van der Waals surface area contributed by atoms with Gasteiger partial charge in [0, 0.05) is 6.07 Å². The fourth-order valence-electron chi connectivity index (χ4n) is 3.01. The molecule has 1 unspecified atom stereocenters. The third kappa shape index (κ3) is 3.11. The second-order valence-electron chi connectivity index (χ2n) is 6.57. The first-order valence-electron chi connectivity index (χ1n) is 8.46. The molecular formula is C21H18O7. The molecule has 3 rings (SSSR count). The van der Waals surface area contributed by atoms with Crippen molar-refractivity contribution in [1.82, 2.24) is 0 Å². The first-order chi connectivity index (χ1) is 13.2. The highest BCUT2D eigenvalue weighted by atomic mass is 16.6. The number of phenols is 2. The van der Waals surface area contributed by atoms with Crippen molar-refractivity contribution in [3.05, 3.63) is 70.7 Å². The van der Waals surface area contributed by atoms with Gasteiger partial charge in [-0.15, -0.1) is 0 Å². The number of aryl methyl sites for hydroxylation is 1. The number of hydrogen-bond acceptors (Lipinski definition) is 7. The van der Waals surface area contributed by atoms with Crippen molar-refractivity contribution in [2.24, 2.45) is 0 Å². The minimum absolute atomic E-state index is 0.106. The fraction of sp³-hybridized carbons (Fsp3) is 0.190. The lowest BCUT2D eigenvalue weighted by atomic mass is 9.80. The van der Waals surface area contributed by atoms with E-state index in [1.54, 1.807) is 25.2 Å². The number of phenolic OH excluding ortho intramolecular Hbond substituents is 2. The molecule has 1 aliphatic heterocycles. The second-order valence-corrected chi connectivity index (χ2v) is 6.57. The number of benzene rings is 1. The molecule has 1 heterocycles. The molecule has 7 heteroatoms. The second kappa shape index (κ2) is 6.84. The number of allylic oxidation sites excluding steroid dienone is 4. The van der Waals surface area contributed by atoms with Crippen molar-refractivity contribution >= 4 is 17.5 Å². The van der Waals surface area contributed by atoms with Crippen LogP contribution in [-0.4, -0.2) is 33.3 Å². The van der Waals surface area contributed by atoms with Gasteiger partial charge in [-0.1, -0.05) is 6.08 Å². The van der Waals surface area contributed by atoms with Crippen LogP contribution in [0.5, 0.6) is 11.5 Å². The van der Waals surface area contributed by atoms with Gasteiger partial charge in [-0.3, -0.25) is 9.59 Å². The third-order valence-electron chi connectivity index (χ3n) is 4.49. The zero-order valence-electron chi connectivity index (χ0n) is 15.5. The number of aromatic hydroxyl groups is 2. The number of Topliss-reactive ketones (excluding diaryl/α,β-unsaturated/α-hetero) is 1. The standard InChI is InChI=1S/C21H18O7/c1-4-5-14-7-12-8-17(24)21(3,19(25)15(12)10-27-14)28-20(26)18-11(2)6-13(22)9-16(18)23/h4-10,22-23H,1-3H3/b5-4+. The molecule has 28 heavy (non-hydrogen) atoms. The Morgan fingerprint density at radius 1 is 1.21 bits per heavy atom. The fourth-order valence-corrected chi connectivity index (χ4v) is 3.01. The largest absolute Gasteiger partial charge is 0.508 e. The van der Waals surface area contributed by atoms with E-state index in [2.05, 4.69) is 0 Å². The van der Waals surface area contributed by atoms with Crippen LogP contribution in [0.15, 0.2) is 59.6 Å². The van der Waals surface area contributed by atoms with Crippen molar-refractivity contribution < 1.29 is 34.1 Å². The molecule has 1 aromatic carbocycles. The first kappa shape index (κ1) is 19.2. The van der Waals surface area contributed by atoms with Crippen LogP contribution in [0.25, 0.3) is 0 Å². The van der Waals surface area contributed by atoms with Crippen molar-refractivity contribution in [2.45, 2.75) is 26.4 Å². The number of ketones is 2. The van der Waals surface area contributed by atoms with Crippen molar-refractivity contribution in [1.29, 1.82) is 0 Å². The van der Waals surface area contributed by atoms with E-state index in [9.17, 15) is 24.6 Å². The molecular weight excluding hydrogens is 364 g/mol. The van der Waals surface area contributed by atoms with Crippen LogP contribution < -0.4 is 0 Å². The van der Waals surface area contributed by atoms with E-state index in [1.807, 2.05) is 0 Å². The monoisotopic (exact) mass is 382 g/mol. The molecule has 0 radical (unpaired) electrons. The third-order valence-corrected chi connectivity index (χ3v) is 4.49. The topological polar surface area (TPSA) is 110 Å². The minimum atomic E-state index is -2.10. The van der Waals surface area contributed by atoms with Crippen molar-refractivity contribution in [3.63, 3.8) is 0 Å². The molecule has 1 atom stereocenters. The molecule has 7 nitrogen and oxygen atoms in total. The van der Waals surface area contributed by atoms with Crippen LogP contribution in [-0.2, 0) is 19.1 Å². The predicted molar refractivity (Wildman–Crippen MR) is 98.5 cm³/mol. The zero-order chi connectivity index (χ0) is 20.6. The lowest BCUT2D eigenvalue weighted by molar-refractivity contribution is -0.145. The van der Waals surface area contributed by atoms with Crippen LogP contribution in [0.1, 0.15) is 29.8 Å². The quantitative estimate of drug-likeness (QED) is 0.611. The van der Waals surface area contributed by atoms with Gasteiger partial charge in [0.2, 0.25) is 17.2 Å². The molecule has 144 valence electrons. The van der Waals surface area contributed by atoms with E-state index >= 15 is 0 Å². The van der Waals surface area contributed by atoms with Crippen LogP contribution >= 0.6 is 0 Å². The lowest BCUT2D eigenvalue weighted by Gasteiger charge is -2.31. The smallest absolute Gasteiger partial charge is 0.343 e. The number of hydrogen-bond donors (Lipinski definition) is 2. The number of ether oxygens (including phenoxy) is 2. The highest BCUT2D eigenvalue weighted by Gasteiger charge is 2.49. The Balaban J connectivity index is 1.96. The number of carbonyl (C=O) groups excluding carboxylic acids is 3. The van der Waals surface area contributed by atoms with E-state index in [0.717, 1.165) is 6.07 Å². The molecule has 0 fully saturated rings. The average molecular weight is 382 g/mol. The molecule has 0 aromatic heterocycles. The highest BCUT2D eigenvalue weighted by Crippen LogP contribution is 2.35. The van der Waals surface area contributed by atoms with Gasteiger partial charge in [0.1, 0.15) is 29.1 Å². The van der Waals surface area contributed by atoms with Crippen LogP contribution in [0.3, 0.4) is 0 Å². The molecule has 0 saturated heterocycles. The van der Waals surface area contributed by atoms with Gasteiger partial charge in [0.05, 0.1) is 5.57 Å². The number of fused-ring (bicyclic) bond motifs is 1. The Hall–Kier alpha value is -3.61. The molecule has 0 saturated carbocycles. The molecule has 0 spiro atoms. The first-order valence-corrected chi connectivity index (χ1v) is 8.46. The van der Waals surface area contributed by atoms with Gasteiger partial charge in [0.15, 0.2) is 0 Å². The predicted octanol–water partition coefficient (Wildman–Crippen LogP) is 2.77. The lowest BCUT2D eigenvalue weighted by Crippen LogP contribution is -2.50. The summed E-state index contributed by atoms with van der Waals surface area (Å²) in [5.41, 5.74) is -1.63. The van der Waals surface area contributed by atoms with E-state index < -0.39 is 28.9 Å². The SMILES string of the molecule is C/C=C/C1=CC2=CC(=O)C(C)(OC(=O)c3c(C)cc(O)cc3O)C(=O)C2=CO1. The van der Waals surface area contributed by atoms with E-state index in [4.69, 9.17) is 9.47 Å². The summed E-state index contributed by atoms with van der Waals surface area (Å²) in [6.45, 7) is 4.47. The Bertz CT molecular complexity index is 1000. The average Bonchev–Trinajstić information content (AvgIpc) is 2.59. The summed E-state index contributed by atoms with van der Waals surface area (Å²) in [5, 5.41) is 19.5. The summed E-state index contributed by atoms with van der Waals surface area (Å²) >= 11 is 0. The Kier molecular flexibility index (Phi) is 4.68. The highest BCUT2D eigenvalue weighted by molar-refractivity contribution is 6.26. The summed E-state index contributed by atoms with van der Waals surface area (Å²) in [7, 11) is 0. The number of esters is 1.